The molecule has 0 saturated carbocycles. The Kier molecular flexibility index (Phi) is 5.64. The Hall–Kier alpha value is -0.780. The Morgan fingerprint density at radius 3 is 2.58 bits per heavy atom. The molecule has 2 unspecified atom stereocenters. The van der Waals surface area contributed by atoms with Gasteiger partial charge in [0.15, 0.2) is 5.54 Å². The van der Waals surface area contributed by atoms with Crippen LogP contribution in [0.3, 0.4) is 0 Å². The Morgan fingerprint density at radius 1 is 1.47 bits per heavy atom. The predicted molar refractivity (Wildman–Crippen MR) is 79.7 cm³/mol. The number of hydrogen-bond donors (Lipinski definition) is 1. The fourth-order valence-electron chi connectivity index (χ4n) is 1.64. The van der Waals surface area contributed by atoms with Crippen LogP contribution in [-0.4, -0.2) is 31.8 Å². The van der Waals surface area contributed by atoms with Crippen molar-refractivity contribution in [2.24, 2.45) is 0 Å². The minimum absolute atomic E-state index is 0.366. The molecule has 1 N–H and O–H groups in total. The second kappa shape index (κ2) is 6.59. The summed E-state index contributed by atoms with van der Waals surface area (Å²) in [5.41, 5.74) is -0.246. The number of halogens is 2. The van der Waals surface area contributed by atoms with E-state index in [4.69, 9.17) is 21.1 Å². The number of esters is 1. The van der Waals surface area contributed by atoms with E-state index in [2.05, 4.69) is 21.2 Å². The van der Waals surface area contributed by atoms with Gasteiger partial charge in [0.1, 0.15) is 0 Å². The van der Waals surface area contributed by atoms with E-state index in [1.54, 1.807) is 39.2 Å². The Bertz CT molecular complexity index is 469. The number of methoxy groups -OCH3 is 2. The van der Waals surface area contributed by atoms with E-state index in [-0.39, 0.29) is 6.10 Å². The molecule has 0 radical (unpaired) electrons. The van der Waals surface area contributed by atoms with E-state index in [0.717, 1.165) is 10.2 Å². The third kappa shape index (κ3) is 3.61. The number of benzene rings is 1. The number of rotatable bonds is 5. The van der Waals surface area contributed by atoms with E-state index < -0.39 is 11.5 Å². The molecule has 0 saturated heterocycles. The highest BCUT2D eigenvalue weighted by Crippen LogP contribution is 2.28. The highest BCUT2D eigenvalue weighted by molar-refractivity contribution is 9.10. The van der Waals surface area contributed by atoms with Crippen LogP contribution in [0.15, 0.2) is 22.7 Å². The van der Waals surface area contributed by atoms with Crippen molar-refractivity contribution in [1.29, 1.82) is 0 Å². The maximum absolute atomic E-state index is 12.0. The van der Waals surface area contributed by atoms with E-state index in [1.807, 2.05) is 0 Å². The van der Waals surface area contributed by atoms with Crippen LogP contribution in [0.2, 0.25) is 5.02 Å². The SMILES string of the molecule is COC(=O)C(C)(Nc1ccc(Cl)c(Br)c1)C(C)OC. The second-order valence-electron chi connectivity index (χ2n) is 4.33. The fourth-order valence-corrected chi connectivity index (χ4v) is 2.14. The molecule has 0 amide bonds. The molecule has 0 fully saturated rings. The van der Waals surface area contributed by atoms with Crippen LogP contribution in [0.5, 0.6) is 0 Å². The summed E-state index contributed by atoms with van der Waals surface area (Å²) in [6.45, 7) is 3.53. The van der Waals surface area contributed by atoms with E-state index in [9.17, 15) is 4.79 Å². The third-order valence-electron chi connectivity index (χ3n) is 3.10. The molecule has 1 aromatic carbocycles. The van der Waals surface area contributed by atoms with Crippen molar-refractivity contribution in [2.75, 3.05) is 19.5 Å². The summed E-state index contributed by atoms with van der Waals surface area (Å²) in [4.78, 5) is 12.0. The fraction of sp³-hybridized carbons (Fsp3) is 0.462. The van der Waals surface area contributed by atoms with Crippen molar-refractivity contribution in [2.45, 2.75) is 25.5 Å². The second-order valence-corrected chi connectivity index (χ2v) is 5.59. The minimum atomic E-state index is -0.989. The topological polar surface area (TPSA) is 47.6 Å². The number of hydrogen-bond acceptors (Lipinski definition) is 4. The molecule has 1 rings (SSSR count). The first-order valence-electron chi connectivity index (χ1n) is 5.69. The normalized spacial score (nSPS) is 15.5. The van der Waals surface area contributed by atoms with E-state index in [1.165, 1.54) is 7.11 Å². The molecule has 0 bridgehead atoms. The van der Waals surface area contributed by atoms with Gasteiger partial charge in [0.25, 0.3) is 0 Å². The standard InChI is InChI=1S/C13H17BrClNO3/c1-8(18-3)13(2,12(17)19-4)16-9-5-6-11(15)10(14)7-9/h5-8,16H,1-4H3. The molecule has 106 valence electrons. The molecule has 0 aliphatic heterocycles. The summed E-state index contributed by atoms with van der Waals surface area (Å²) < 4.78 is 10.9. The van der Waals surface area contributed by atoms with E-state index >= 15 is 0 Å². The smallest absolute Gasteiger partial charge is 0.333 e. The Labute approximate surface area is 126 Å². The molecule has 4 nitrogen and oxygen atoms in total. The number of carbonyl (C=O) groups is 1. The van der Waals surface area contributed by atoms with Crippen LogP contribution in [0, 0.1) is 0 Å². The van der Waals surface area contributed by atoms with Crippen molar-refractivity contribution < 1.29 is 14.3 Å². The lowest BCUT2D eigenvalue weighted by atomic mass is 9.95. The van der Waals surface area contributed by atoms with Crippen molar-refractivity contribution in [3.63, 3.8) is 0 Å². The summed E-state index contributed by atoms with van der Waals surface area (Å²) in [6, 6.07) is 5.33. The van der Waals surface area contributed by atoms with Crippen LogP contribution >= 0.6 is 27.5 Å². The van der Waals surface area contributed by atoms with Gasteiger partial charge in [-0.05, 0) is 48.0 Å². The van der Waals surface area contributed by atoms with Gasteiger partial charge in [0.05, 0.1) is 18.2 Å². The zero-order chi connectivity index (χ0) is 14.6. The van der Waals surface area contributed by atoms with Crippen LogP contribution < -0.4 is 5.32 Å². The van der Waals surface area contributed by atoms with Gasteiger partial charge in [0, 0.05) is 17.3 Å². The van der Waals surface area contributed by atoms with Crippen molar-refractivity contribution in [3.05, 3.63) is 27.7 Å². The van der Waals surface area contributed by atoms with Gasteiger partial charge in [0.2, 0.25) is 0 Å². The Morgan fingerprint density at radius 2 is 2.11 bits per heavy atom. The number of nitrogens with one attached hydrogen (secondary N) is 1. The average Bonchev–Trinajstić information content (AvgIpc) is 2.40. The van der Waals surface area contributed by atoms with Gasteiger partial charge in [-0.15, -0.1) is 0 Å². The quantitative estimate of drug-likeness (QED) is 0.826. The summed E-state index contributed by atoms with van der Waals surface area (Å²) in [6.07, 6.45) is -0.366. The lowest BCUT2D eigenvalue weighted by molar-refractivity contribution is -0.149. The number of anilines is 1. The maximum Gasteiger partial charge on any atom is 0.333 e. The van der Waals surface area contributed by atoms with Gasteiger partial charge in [-0.3, -0.25) is 0 Å². The van der Waals surface area contributed by atoms with Crippen molar-refractivity contribution >= 4 is 39.2 Å². The van der Waals surface area contributed by atoms with Gasteiger partial charge in [-0.1, -0.05) is 11.6 Å². The third-order valence-corrected chi connectivity index (χ3v) is 4.31. The van der Waals surface area contributed by atoms with Gasteiger partial charge < -0.3 is 14.8 Å². The molecule has 0 aromatic heterocycles. The monoisotopic (exact) mass is 349 g/mol. The summed E-state index contributed by atoms with van der Waals surface area (Å²) in [5.74, 6) is -0.395. The number of ether oxygens (including phenoxy) is 2. The first-order chi connectivity index (χ1) is 8.85. The molecule has 0 aliphatic rings. The lowest BCUT2D eigenvalue weighted by Crippen LogP contribution is -2.53. The highest BCUT2D eigenvalue weighted by Gasteiger charge is 2.40. The van der Waals surface area contributed by atoms with Crippen molar-refractivity contribution in [3.8, 4) is 0 Å². The summed E-state index contributed by atoms with van der Waals surface area (Å²) in [7, 11) is 2.90. The predicted octanol–water partition coefficient (Wildman–Crippen LogP) is 3.48. The molecule has 0 aliphatic carbocycles. The van der Waals surface area contributed by atoms with Gasteiger partial charge in [-0.25, -0.2) is 4.79 Å². The summed E-state index contributed by atoms with van der Waals surface area (Å²) in [5, 5.41) is 3.74. The van der Waals surface area contributed by atoms with Gasteiger partial charge in [-0.2, -0.15) is 0 Å². The van der Waals surface area contributed by atoms with Crippen LogP contribution in [0.25, 0.3) is 0 Å². The molecule has 19 heavy (non-hydrogen) atoms. The minimum Gasteiger partial charge on any atom is -0.467 e. The molecule has 6 heteroatoms. The first-order valence-corrected chi connectivity index (χ1v) is 6.86. The molecule has 0 heterocycles. The van der Waals surface area contributed by atoms with Crippen LogP contribution in [0.1, 0.15) is 13.8 Å². The Balaban J connectivity index is 3.07. The maximum atomic E-state index is 12.0. The van der Waals surface area contributed by atoms with E-state index in [0.29, 0.717) is 5.02 Å². The van der Waals surface area contributed by atoms with Crippen LogP contribution in [0.4, 0.5) is 5.69 Å². The molecule has 1 aromatic rings. The molecular formula is C13H17BrClNO3. The lowest BCUT2D eigenvalue weighted by Gasteiger charge is -2.33. The zero-order valence-electron chi connectivity index (χ0n) is 11.3. The summed E-state index contributed by atoms with van der Waals surface area (Å²) >= 11 is 9.28. The average molecular weight is 351 g/mol. The highest BCUT2D eigenvalue weighted by atomic mass is 79.9. The zero-order valence-corrected chi connectivity index (χ0v) is 13.6. The van der Waals surface area contributed by atoms with Gasteiger partial charge >= 0.3 is 5.97 Å². The number of carbonyl (C=O) groups excluding carboxylic acids is 1. The molecule has 0 spiro atoms. The first kappa shape index (κ1) is 16.3. The molecule has 2 atom stereocenters. The molecular weight excluding hydrogens is 334 g/mol. The van der Waals surface area contributed by atoms with Crippen LogP contribution in [-0.2, 0) is 14.3 Å². The van der Waals surface area contributed by atoms with Crippen molar-refractivity contribution in [1.82, 2.24) is 0 Å². The largest absolute Gasteiger partial charge is 0.467 e.